The molecule has 1 N–H and O–H groups in total. The summed E-state index contributed by atoms with van der Waals surface area (Å²) in [5.41, 5.74) is 0.556. The summed E-state index contributed by atoms with van der Waals surface area (Å²) in [6.07, 6.45) is 0. The van der Waals surface area contributed by atoms with Crippen molar-refractivity contribution in [2.45, 2.75) is 24.8 Å². The summed E-state index contributed by atoms with van der Waals surface area (Å²) in [5.74, 6) is 5.22. The van der Waals surface area contributed by atoms with E-state index in [0.717, 1.165) is 0 Å². The number of ether oxygens (including phenoxy) is 1. The summed E-state index contributed by atoms with van der Waals surface area (Å²) >= 11 is 0. The second kappa shape index (κ2) is 8.15. The molecule has 0 heterocycles. The van der Waals surface area contributed by atoms with Gasteiger partial charge in [-0.15, -0.1) is 0 Å². The highest BCUT2D eigenvalue weighted by molar-refractivity contribution is 7.89. The lowest BCUT2D eigenvalue weighted by Crippen LogP contribution is -2.40. The van der Waals surface area contributed by atoms with Gasteiger partial charge in [0.2, 0.25) is 10.0 Å². The van der Waals surface area contributed by atoms with E-state index in [1.807, 2.05) is 0 Å². The summed E-state index contributed by atoms with van der Waals surface area (Å²) in [6, 6.07) is 6.15. The Morgan fingerprint density at radius 3 is 2.71 bits per heavy atom. The third-order valence-corrected chi connectivity index (χ3v) is 5.05. The molecule has 0 radical (unpaired) electrons. The lowest BCUT2D eigenvalue weighted by Gasteiger charge is -2.26. The molecule has 5 nitrogen and oxygen atoms in total. The van der Waals surface area contributed by atoms with Crippen LogP contribution in [0.3, 0.4) is 0 Å². The van der Waals surface area contributed by atoms with Crippen molar-refractivity contribution in [3.05, 3.63) is 29.8 Å². The maximum atomic E-state index is 12.7. The predicted octanol–water partition coefficient (Wildman–Crippen LogP) is 1.08. The van der Waals surface area contributed by atoms with Gasteiger partial charge in [-0.05, 0) is 25.1 Å². The number of hydrogen-bond donors (Lipinski definition) is 1. The largest absolute Gasteiger partial charge is 0.384 e. The van der Waals surface area contributed by atoms with Crippen LogP contribution < -0.4 is 0 Å². The van der Waals surface area contributed by atoms with Crippen molar-refractivity contribution in [1.82, 2.24) is 4.31 Å². The van der Waals surface area contributed by atoms with E-state index >= 15 is 0 Å². The van der Waals surface area contributed by atoms with Crippen LogP contribution in [0.25, 0.3) is 0 Å². The van der Waals surface area contributed by atoms with Crippen LogP contribution >= 0.6 is 0 Å². The zero-order valence-corrected chi connectivity index (χ0v) is 13.4. The second-order valence-electron chi connectivity index (χ2n) is 4.50. The van der Waals surface area contributed by atoms with Gasteiger partial charge in [-0.25, -0.2) is 8.42 Å². The molecule has 0 spiro atoms. The van der Waals surface area contributed by atoms with Gasteiger partial charge in [-0.3, -0.25) is 0 Å². The van der Waals surface area contributed by atoms with Gasteiger partial charge < -0.3 is 9.84 Å². The topological polar surface area (TPSA) is 66.8 Å². The number of hydrogen-bond acceptors (Lipinski definition) is 4. The van der Waals surface area contributed by atoms with Crippen molar-refractivity contribution in [2.24, 2.45) is 0 Å². The molecule has 6 heteroatoms. The number of rotatable bonds is 6. The van der Waals surface area contributed by atoms with E-state index in [9.17, 15) is 8.42 Å². The first-order chi connectivity index (χ1) is 9.97. The van der Waals surface area contributed by atoms with Gasteiger partial charge in [-0.2, -0.15) is 4.31 Å². The zero-order chi connectivity index (χ0) is 15.9. The Kier molecular flexibility index (Phi) is 6.85. The maximum absolute atomic E-state index is 12.7. The number of sulfonamides is 1. The van der Waals surface area contributed by atoms with E-state index in [0.29, 0.717) is 18.7 Å². The number of likely N-dealkylation sites (N-methyl/N-ethyl adjacent to an activating group) is 1. The molecular formula is C15H21NO4S. The lowest BCUT2D eigenvalue weighted by atomic mass is 10.2. The highest BCUT2D eigenvalue weighted by Gasteiger charge is 2.27. The van der Waals surface area contributed by atoms with Crippen molar-refractivity contribution in [2.75, 3.05) is 26.9 Å². The average molecular weight is 311 g/mol. The Morgan fingerprint density at radius 2 is 2.14 bits per heavy atom. The van der Waals surface area contributed by atoms with Crippen molar-refractivity contribution in [3.63, 3.8) is 0 Å². The molecule has 0 saturated carbocycles. The van der Waals surface area contributed by atoms with Crippen LogP contribution in [0, 0.1) is 11.8 Å². The van der Waals surface area contributed by atoms with Crippen LogP contribution in [0.1, 0.15) is 19.4 Å². The van der Waals surface area contributed by atoms with Crippen LogP contribution in [-0.4, -0.2) is 50.7 Å². The van der Waals surface area contributed by atoms with Crippen LogP contribution in [0.15, 0.2) is 29.2 Å². The molecule has 1 rings (SSSR count). The second-order valence-corrected chi connectivity index (χ2v) is 6.39. The van der Waals surface area contributed by atoms with Gasteiger partial charge in [0, 0.05) is 25.3 Å². The Labute approximate surface area is 126 Å². The Morgan fingerprint density at radius 1 is 1.43 bits per heavy atom. The van der Waals surface area contributed by atoms with Crippen molar-refractivity contribution < 1.29 is 18.3 Å². The first kappa shape index (κ1) is 17.7. The monoisotopic (exact) mass is 311 g/mol. The first-order valence-electron chi connectivity index (χ1n) is 6.68. The molecule has 1 aromatic carbocycles. The molecule has 1 unspecified atom stereocenters. The number of nitrogens with zero attached hydrogens (tertiary/aromatic N) is 1. The molecule has 0 fully saturated rings. The lowest BCUT2D eigenvalue weighted by molar-refractivity contribution is 0.142. The molecule has 0 aromatic heterocycles. The maximum Gasteiger partial charge on any atom is 0.243 e. The fraction of sp³-hybridized carbons (Fsp3) is 0.467. The molecule has 0 amide bonds. The normalized spacial score (nSPS) is 12.8. The molecule has 1 atom stereocenters. The highest BCUT2D eigenvalue weighted by atomic mass is 32.2. The highest BCUT2D eigenvalue weighted by Crippen LogP contribution is 2.19. The number of benzene rings is 1. The summed E-state index contributed by atoms with van der Waals surface area (Å²) in [6.45, 7) is 4.03. The van der Waals surface area contributed by atoms with Crippen LogP contribution in [0.2, 0.25) is 0 Å². The average Bonchev–Trinajstić information content (AvgIpc) is 2.46. The molecular weight excluding hydrogens is 290 g/mol. The molecule has 116 valence electrons. The minimum Gasteiger partial charge on any atom is -0.384 e. The smallest absolute Gasteiger partial charge is 0.243 e. The molecule has 0 aliphatic rings. The Balaban J connectivity index is 3.16. The predicted molar refractivity (Wildman–Crippen MR) is 81.3 cm³/mol. The fourth-order valence-electron chi connectivity index (χ4n) is 2.05. The van der Waals surface area contributed by atoms with E-state index in [2.05, 4.69) is 11.8 Å². The number of aliphatic hydroxyl groups excluding tert-OH is 1. The summed E-state index contributed by atoms with van der Waals surface area (Å²) in [5, 5.41) is 8.70. The molecule has 0 bridgehead atoms. The molecule has 0 aliphatic heterocycles. The third kappa shape index (κ3) is 4.55. The van der Waals surface area contributed by atoms with Crippen LogP contribution in [-0.2, 0) is 14.8 Å². The van der Waals surface area contributed by atoms with Crippen LogP contribution in [0.4, 0.5) is 0 Å². The first-order valence-corrected chi connectivity index (χ1v) is 8.12. The fourth-order valence-corrected chi connectivity index (χ4v) is 3.73. The van der Waals surface area contributed by atoms with Crippen molar-refractivity contribution in [1.29, 1.82) is 0 Å². The summed E-state index contributed by atoms with van der Waals surface area (Å²) in [4.78, 5) is 0.192. The minimum absolute atomic E-state index is 0.192. The van der Waals surface area contributed by atoms with E-state index in [4.69, 9.17) is 9.84 Å². The standard InChI is InChI=1S/C15H21NO4S/c1-4-16(13(2)12-20-3)21(18,19)15-9-5-7-14(11-15)8-6-10-17/h5,7,9,11,13,17H,4,10,12H2,1-3H3. The van der Waals surface area contributed by atoms with Gasteiger partial charge in [0.25, 0.3) is 0 Å². The van der Waals surface area contributed by atoms with Gasteiger partial charge in [-0.1, -0.05) is 24.8 Å². The van der Waals surface area contributed by atoms with E-state index in [-0.39, 0.29) is 17.5 Å². The van der Waals surface area contributed by atoms with E-state index in [1.54, 1.807) is 39.2 Å². The van der Waals surface area contributed by atoms with Crippen molar-refractivity contribution >= 4 is 10.0 Å². The van der Waals surface area contributed by atoms with Crippen molar-refractivity contribution in [3.8, 4) is 11.8 Å². The number of aliphatic hydroxyl groups is 1. The van der Waals surface area contributed by atoms with Crippen LogP contribution in [0.5, 0.6) is 0 Å². The third-order valence-electron chi connectivity index (χ3n) is 2.96. The Bertz CT molecular complexity index is 616. The summed E-state index contributed by atoms with van der Waals surface area (Å²) in [7, 11) is -2.05. The Hall–Kier alpha value is -1.39. The molecule has 0 aliphatic carbocycles. The molecule has 1 aromatic rings. The van der Waals surface area contributed by atoms with Gasteiger partial charge in [0.05, 0.1) is 11.5 Å². The van der Waals surface area contributed by atoms with Gasteiger partial charge in [0.1, 0.15) is 6.61 Å². The van der Waals surface area contributed by atoms with E-state index in [1.165, 1.54) is 10.4 Å². The van der Waals surface area contributed by atoms with E-state index < -0.39 is 10.0 Å². The molecule has 21 heavy (non-hydrogen) atoms. The quantitative estimate of drug-likeness (QED) is 0.798. The molecule has 0 saturated heterocycles. The number of methoxy groups -OCH3 is 1. The SMILES string of the molecule is CCN(C(C)COC)S(=O)(=O)c1cccc(C#CCO)c1. The van der Waals surface area contributed by atoms with Gasteiger partial charge >= 0.3 is 0 Å². The van der Waals surface area contributed by atoms with Gasteiger partial charge in [0.15, 0.2) is 0 Å². The zero-order valence-electron chi connectivity index (χ0n) is 12.5. The minimum atomic E-state index is -3.60. The summed E-state index contributed by atoms with van der Waals surface area (Å²) < 4.78 is 31.8.